The van der Waals surface area contributed by atoms with Gasteiger partial charge in [-0.2, -0.15) is 0 Å². The molecule has 0 spiro atoms. The number of nitrogens with one attached hydrogen (secondary N) is 1. The number of esters is 1. The third kappa shape index (κ3) is 5.18. The van der Waals surface area contributed by atoms with E-state index in [9.17, 15) is 14.4 Å². The van der Waals surface area contributed by atoms with Gasteiger partial charge in [0.1, 0.15) is 5.75 Å². The molecule has 1 atom stereocenters. The van der Waals surface area contributed by atoms with Gasteiger partial charge in [0.15, 0.2) is 12.7 Å². The first-order chi connectivity index (χ1) is 12.0. The number of hydrogen-bond acceptors (Lipinski definition) is 6. The number of para-hydroxylation sites is 2. The summed E-state index contributed by atoms with van der Waals surface area (Å²) >= 11 is 0. The molecule has 1 N–H and O–H groups in total. The van der Waals surface area contributed by atoms with Crippen molar-refractivity contribution in [3.05, 3.63) is 24.3 Å². The summed E-state index contributed by atoms with van der Waals surface area (Å²) < 4.78 is 15.3. The van der Waals surface area contributed by atoms with Crippen LogP contribution >= 0.6 is 0 Å². The van der Waals surface area contributed by atoms with Gasteiger partial charge in [-0.15, -0.1) is 0 Å². The number of carbonyl (C=O) groups is 3. The van der Waals surface area contributed by atoms with Crippen molar-refractivity contribution < 1.29 is 28.6 Å². The molecule has 0 fully saturated rings. The topological polar surface area (TPSA) is 94.2 Å². The SMILES string of the molecule is COCCNC(=O)[C@@H](C)OC(=O)CCN1C(=O)COc2ccccc21. The minimum absolute atomic E-state index is 0.0181. The Morgan fingerprint density at radius 2 is 2.12 bits per heavy atom. The molecule has 1 aromatic carbocycles. The molecule has 0 radical (unpaired) electrons. The van der Waals surface area contributed by atoms with Crippen molar-refractivity contribution in [3.8, 4) is 5.75 Å². The molecule has 25 heavy (non-hydrogen) atoms. The lowest BCUT2D eigenvalue weighted by Gasteiger charge is -2.29. The van der Waals surface area contributed by atoms with Crippen LogP contribution in [0.25, 0.3) is 0 Å². The quantitative estimate of drug-likeness (QED) is 0.542. The lowest BCUT2D eigenvalue weighted by atomic mass is 10.2. The van der Waals surface area contributed by atoms with Gasteiger partial charge in [-0.05, 0) is 19.1 Å². The third-order valence-corrected chi connectivity index (χ3v) is 3.63. The van der Waals surface area contributed by atoms with Gasteiger partial charge in [0.25, 0.3) is 11.8 Å². The summed E-state index contributed by atoms with van der Waals surface area (Å²) in [5.74, 6) is -0.567. The second-order valence-corrected chi connectivity index (χ2v) is 5.47. The Morgan fingerprint density at radius 3 is 2.88 bits per heavy atom. The normalized spacial score (nSPS) is 14.3. The third-order valence-electron chi connectivity index (χ3n) is 3.63. The van der Waals surface area contributed by atoms with E-state index in [1.54, 1.807) is 18.2 Å². The maximum absolute atomic E-state index is 12.0. The molecule has 0 bridgehead atoms. The zero-order valence-corrected chi connectivity index (χ0v) is 14.3. The Kier molecular flexibility index (Phi) is 6.76. The van der Waals surface area contributed by atoms with E-state index >= 15 is 0 Å². The first kappa shape index (κ1) is 18.7. The summed E-state index contributed by atoms with van der Waals surface area (Å²) in [6.07, 6.45) is -0.924. The zero-order chi connectivity index (χ0) is 18.2. The maximum atomic E-state index is 12.0. The Morgan fingerprint density at radius 1 is 1.36 bits per heavy atom. The number of amides is 2. The van der Waals surface area contributed by atoms with Gasteiger partial charge in [-0.1, -0.05) is 12.1 Å². The largest absolute Gasteiger partial charge is 0.482 e. The summed E-state index contributed by atoms with van der Waals surface area (Å²) in [6, 6.07) is 7.12. The predicted molar refractivity (Wildman–Crippen MR) is 89.3 cm³/mol. The van der Waals surface area contributed by atoms with Crippen LogP contribution in [0.2, 0.25) is 0 Å². The Bertz CT molecular complexity index is 633. The van der Waals surface area contributed by atoms with Crippen molar-refractivity contribution in [2.24, 2.45) is 0 Å². The molecule has 0 saturated heterocycles. The molecule has 0 aliphatic carbocycles. The maximum Gasteiger partial charge on any atom is 0.308 e. The first-order valence-electron chi connectivity index (χ1n) is 8.01. The van der Waals surface area contributed by atoms with Crippen LogP contribution in [0.5, 0.6) is 5.75 Å². The second kappa shape index (κ2) is 9.03. The van der Waals surface area contributed by atoms with Crippen molar-refractivity contribution in [1.29, 1.82) is 0 Å². The highest BCUT2D eigenvalue weighted by Crippen LogP contribution is 2.31. The van der Waals surface area contributed by atoms with Crippen LogP contribution in [0.15, 0.2) is 24.3 Å². The van der Waals surface area contributed by atoms with Gasteiger partial charge in [-0.25, -0.2) is 0 Å². The molecule has 1 aliphatic rings. The monoisotopic (exact) mass is 350 g/mol. The van der Waals surface area contributed by atoms with Crippen LogP contribution < -0.4 is 15.0 Å². The Balaban J connectivity index is 1.83. The molecule has 0 unspecified atom stereocenters. The van der Waals surface area contributed by atoms with E-state index in [1.807, 2.05) is 6.07 Å². The van der Waals surface area contributed by atoms with E-state index in [0.717, 1.165) is 0 Å². The van der Waals surface area contributed by atoms with Crippen molar-refractivity contribution in [3.63, 3.8) is 0 Å². The van der Waals surface area contributed by atoms with Gasteiger partial charge < -0.3 is 24.4 Å². The average molecular weight is 350 g/mol. The first-order valence-corrected chi connectivity index (χ1v) is 8.01. The minimum atomic E-state index is -0.906. The number of ether oxygens (including phenoxy) is 3. The number of fused-ring (bicyclic) bond motifs is 1. The van der Waals surface area contributed by atoms with Crippen LogP contribution in [0.1, 0.15) is 13.3 Å². The molecule has 1 aliphatic heterocycles. The number of hydrogen-bond donors (Lipinski definition) is 1. The molecule has 8 heteroatoms. The number of benzene rings is 1. The molecule has 2 rings (SSSR count). The molecular formula is C17H22N2O6. The summed E-state index contributed by atoms with van der Waals surface area (Å²) in [4.78, 5) is 37.2. The highest BCUT2D eigenvalue weighted by atomic mass is 16.5. The van der Waals surface area contributed by atoms with E-state index in [-0.39, 0.29) is 25.5 Å². The summed E-state index contributed by atoms with van der Waals surface area (Å²) in [5, 5.41) is 2.59. The van der Waals surface area contributed by atoms with E-state index in [4.69, 9.17) is 14.2 Å². The van der Waals surface area contributed by atoms with E-state index in [1.165, 1.54) is 18.9 Å². The summed E-state index contributed by atoms with van der Waals surface area (Å²) in [7, 11) is 1.53. The molecule has 2 amide bonds. The standard InChI is InChI=1S/C17H22N2O6/c1-12(17(22)18-8-10-23-2)25-16(21)7-9-19-13-5-3-4-6-14(13)24-11-15(19)20/h3-6,12H,7-11H2,1-2H3,(H,18,22)/t12-/m1/s1. The highest BCUT2D eigenvalue weighted by molar-refractivity contribution is 5.98. The Labute approximate surface area is 146 Å². The van der Waals surface area contributed by atoms with Gasteiger partial charge in [0.05, 0.1) is 18.7 Å². The highest BCUT2D eigenvalue weighted by Gasteiger charge is 2.26. The van der Waals surface area contributed by atoms with Crippen molar-refractivity contribution >= 4 is 23.5 Å². The average Bonchev–Trinajstić information content (AvgIpc) is 2.61. The molecule has 136 valence electrons. The van der Waals surface area contributed by atoms with Crippen LogP contribution in [-0.4, -0.2) is 57.3 Å². The summed E-state index contributed by atoms with van der Waals surface area (Å²) in [6.45, 7) is 2.32. The van der Waals surface area contributed by atoms with E-state index in [0.29, 0.717) is 24.6 Å². The lowest BCUT2D eigenvalue weighted by Crippen LogP contribution is -2.41. The minimum Gasteiger partial charge on any atom is -0.482 e. The number of nitrogens with zero attached hydrogens (tertiary/aromatic N) is 1. The fraction of sp³-hybridized carbons (Fsp3) is 0.471. The molecule has 0 saturated carbocycles. The fourth-order valence-corrected chi connectivity index (χ4v) is 2.33. The number of carbonyl (C=O) groups excluding carboxylic acids is 3. The smallest absolute Gasteiger partial charge is 0.308 e. The number of rotatable bonds is 8. The second-order valence-electron chi connectivity index (χ2n) is 5.47. The van der Waals surface area contributed by atoms with Crippen LogP contribution in [0, 0.1) is 0 Å². The van der Waals surface area contributed by atoms with E-state index in [2.05, 4.69) is 5.32 Å². The predicted octanol–water partition coefficient (Wildman–Crippen LogP) is 0.496. The molecule has 8 nitrogen and oxygen atoms in total. The summed E-state index contributed by atoms with van der Waals surface area (Å²) in [5.41, 5.74) is 0.622. The zero-order valence-electron chi connectivity index (χ0n) is 14.3. The van der Waals surface area contributed by atoms with Crippen LogP contribution in [0.3, 0.4) is 0 Å². The Hall–Kier alpha value is -2.61. The van der Waals surface area contributed by atoms with Crippen molar-refractivity contribution in [1.82, 2.24) is 5.32 Å². The van der Waals surface area contributed by atoms with Crippen molar-refractivity contribution in [2.75, 3.05) is 38.3 Å². The van der Waals surface area contributed by atoms with Gasteiger partial charge in [-0.3, -0.25) is 14.4 Å². The van der Waals surface area contributed by atoms with E-state index < -0.39 is 18.0 Å². The van der Waals surface area contributed by atoms with Crippen molar-refractivity contribution in [2.45, 2.75) is 19.4 Å². The number of anilines is 1. The number of methoxy groups -OCH3 is 1. The van der Waals surface area contributed by atoms with Crippen LogP contribution in [-0.2, 0) is 23.9 Å². The lowest BCUT2D eigenvalue weighted by molar-refractivity contribution is -0.154. The molecular weight excluding hydrogens is 328 g/mol. The molecule has 1 aromatic rings. The van der Waals surface area contributed by atoms with Crippen LogP contribution in [0.4, 0.5) is 5.69 Å². The van der Waals surface area contributed by atoms with Gasteiger partial charge >= 0.3 is 5.97 Å². The fourth-order valence-electron chi connectivity index (χ4n) is 2.33. The molecule has 0 aromatic heterocycles. The molecule has 1 heterocycles. The van der Waals surface area contributed by atoms with Gasteiger partial charge in [0, 0.05) is 20.2 Å². The van der Waals surface area contributed by atoms with Gasteiger partial charge in [0.2, 0.25) is 0 Å².